The number of H-pyrrole nitrogens is 1. The second-order valence-corrected chi connectivity index (χ2v) is 6.63. The molecule has 0 bridgehead atoms. The van der Waals surface area contributed by atoms with Gasteiger partial charge in [0.1, 0.15) is 5.82 Å². The van der Waals surface area contributed by atoms with Crippen molar-refractivity contribution < 1.29 is 0 Å². The molecule has 2 aromatic heterocycles. The monoisotopic (exact) mass is 321 g/mol. The van der Waals surface area contributed by atoms with Crippen LogP contribution in [0.25, 0.3) is 5.69 Å². The summed E-state index contributed by atoms with van der Waals surface area (Å²) in [5.74, 6) is 1.63. The van der Waals surface area contributed by atoms with Gasteiger partial charge < -0.3 is 4.98 Å². The van der Waals surface area contributed by atoms with Crippen LogP contribution in [0.2, 0.25) is 0 Å². The van der Waals surface area contributed by atoms with E-state index in [1.807, 2.05) is 35.5 Å². The quantitative estimate of drug-likeness (QED) is 0.802. The maximum absolute atomic E-state index is 4.46. The highest BCUT2D eigenvalue weighted by Gasteiger charge is 2.23. The van der Waals surface area contributed by atoms with E-state index in [1.54, 1.807) is 0 Å². The topological polar surface area (TPSA) is 49.7 Å². The van der Waals surface area contributed by atoms with Crippen LogP contribution in [0.5, 0.6) is 0 Å². The second kappa shape index (κ2) is 6.61. The molecule has 1 saturated heterocycles. The first-order valence-corrected chi connectivity index (χ1v) is 8.61. The third-order valence-corrected chi connectivity index (χ3v) is 4.79. The van der Waals surface area contributed by atoms with Gasteiger partial charge in [0.25, 0.3) is 0 Å². The number of hydrogen-bond donors (Lipinski definition) is 1. The minimum atomic E-state index is 0.506. The molecule has 5 heteroatoms. The number of benzene rings is 1. The lowest BCUT2D eigenvalue weighted by molar-refractivity contribution is 0.197. The lowest BCUT2D eigenvalue weighted by Gasteiger charge is -2.32. The number of likely N-dealkylation sites (tertiary alicyclic amines) is 1. The van der Waals surface area contributed by atoms with Crippen LogP contribution < -0.4 is 0 Å². The summed E-state index contributed by atoms with van der Waals surface area (Å²) in [4.78, 5) is 10.3. The molecule has 1 unspecified atom stereocenters. The third kappa shape index (κ3) is 3.12. The first-order chi connectivity index (χ1) is 11.8. The molecule has 1 N–H and O–H groups in total. The number of nitrogens with zero attached hydrogens (tertiary/aromatic N) is 4. The van der Waals surface area contributed by atoms with Crippen molar-refractivity contribution in [3.63, 3.8) is 0 Å². The Balaban J connectivity index is 1.55. The van der Waals surface area contributed by atoms with Crippen LogP contribution in [0.15, 0.2) is 49.1 Å². The Morgan fingerprint density at radius 3 is 3.04 bits per heavy atom. The number of nitrogens with one attached hydrogen (secondary N) is 1. The van der Waals surface area contributed by atoms with Crippen LogP contribution in [-0.4, -0.2) is 37.7 Å². The normalized spacial score (nSPS) is 18.8. The lowest BCUT2D eigenvalue weighted by Crippen LogP contribution is -2.34. The van der Waals surface area contributed by atoms with E-state index in [0.29, 0.717) is 5.92 Å². The third-order valence-electron chi connectivity index (χ3n) is 4.79. The van der Waals surface area contributed by atoms with Crippen molar-refractivity contribution in [2.75, 3.05) is 13.1 Å². The van der Waals surface area contributed by atoms with Gasteiger partial charge in [-0.3, -0.25) is 4.90 Å². The van der Waals surface area contributed by atoms with Crippen molar-refractivity contribution in [1.82, 2.24) is 24.6 Å². The molecule has 5 nitrogen and oxygen atoms in total. The smallest absolute Gasteiger partial charge is 0.110 e. The van der Waals surface area contributed by atoms with Crippen LogP contribution in [-0.2, 0) is 6.54 Å². The van der Waals surface area contributed by atoms with Gasteiger partial charge in [-0.25, -0.2) is 9.67 Å². The molecule has 1 fully saturated rings. The molecule has 1 aromatic carbocycles. The number of hydrogen-bond acceptors (Lipinski definition) is 3. The highest BCUT2D eigenvalue weighted by Crippen LogP contribution is 2.26. The number of aromatic nitrogens is 4. The molecular weight excluding hydrogens is 298 g/mol. The molecule has 3 heterocycles. The van der Waals surface area contributed by atoms with Gasteiger partial charge in [0, 0.05) is 43.8 Å². The Bertz CT molecular complexity index is 776. The minimum Gasteiger partial charge on any atom is -0.348 e. The standard InChI is InChI=1S/C19H23N5/c1-15-5-6-18(24-11-3-7-22-24)17(12-15)14-23-10-2-4-16(13-23)19-20-8-9-21-19/h3,5-9,11-12,16H,2,4,10,13-14H2,1H3,(H,20,21). The summed E-state index contributed by atoms with van der Waals surface area (Å²) in [7, 11) is 0. The summed E-state index contributed by atoms with van der Waals surface area (Å²) in [6, 6.07) is 8.58. The Labute approximate surface area is 142 Å². The van der Waals surface area contributed by atoms with E-state index in [1.165, 1.54) is 29.7 Å². The van der Waals surface area contributed by atoms with Gasteiger partial charge in [-0.05, 0) is 44.0 Å². The largest absolute Gasteiger partial charge is 0.348 e. The predicted octanol–water partition coefficient (Wildman–Crippen LogP) is 3.28. The Kier molecular flexibility index (Phi) is 4.17. The first-order valence-electron chi connectivity index (χ1n) is 8.61. The van der Waals surface area contributed by atoms with E-state index in [-0.39, 0.29) is 0 Å². The molecule has 0 aliphatic carbocycles. The molecule has 0 spiro atoms. The van der Waals surface area contributed by atoms with Crippen LogP contribution in [0.1, 0.15) is 35.7 Å². The van der Waals surface area contributed by atoms with Crippen LogP contribution in [0.3, 0.4) is 0 Å². The van der Waals surface area contributed by atoms with Crippen LogP contribution >= 0.6 is 0 Å². The van der Waals surface area contributed by atoms with Crippen molar-refractivity contribution >= 4 is 0 Å². The molecule has 24 heavy (non-hydrogen) atoms. The highest BCUT2D eigenvalue weighted by molar-refractivity contribution is 5.42. The fourth-order valence-electron chi connectivity index (χ4n) is 3.64. The molecular formula is C19H23N5. The average molecular weight is 321 g/mol. The second-order valence-electron chi connectivity index (χ2n) is 6.63. The van der Waals surface area contributed by atoms with E-state index < -0.39 is 0 Å². The summed E-state index contributed by atoms with van der Waals surface area (Å²) in [5.41, 5.74) is 3.80. The molecule has 3 aromatic rings. The maximum atomic E-state index is 4.46. The summed E-state index contributed by atoms with van der Waals surface area (Å²) < 4.78 is 1.96. The van der Waals surface area contributed by atoms with Gasteiger partial charge in [0.2, 0.25) is 0 Å². The van der Waals surface area contributed by atoms with Gasteiger partial charge in [-0.1, -0.05) is 17.7 Å². The molecule has 0 radical (unpaired) electrons. The Morgan fingerprint density at radius 2 is 2.25 bits per heavy atom. The summed E-state index contributed by atoms with van der Waals surface area (Å²) in [5, 5.41) is 4.41. The molecule has 4 rings (SSSR count). The van der Waals surface area contributed by atoms with Crippen molar-refractivity contribution in [3.8, 4) is 5.69 Å². The molecule has 124 valence electrons. The van der Waals surface area contributed by atoms with Gasteiger partial charge >= 0.3 is 0 Å². The van der Waals surface area contributed by atoms with Gasteiger partial charge in [0.15, 0.2) is 0 Å². The molecule has 0 saturated carbocycles. The fraction of sp³-hybridized carbons (Fsp3) is 0.368. The summed E-state index contributed by atoms with van der Waals surface area (Å²) >= 11 is 0. The number of aromatic amines is 1. The Morgan fingerprint density at radius 1 is 1.29 bits per heavy atom. The molecule has 1 aliphatic rings. The molecule has 1 aliphatic heterocycles. The van der Waals surface area contributed by atoms with E-state index in [9.17, 15) is 0 Å². The zero-order valence-electron chi connectivity index (χ0n) is 14.0. The number of aryl methyl sites for hydroxylation is 1. The van der Waals surface area contributed by atoms with E-state index in [2.05, 4.69) is 45.1 Å². The van der Waals surface area contributed by atoms with Gasteiger partial charge in [-0.2, -0.15) is 5.10 Å². The fourth-order valence-corrected chi connectivity index (χ4v) is 3.64. The molecule has 1 atom stereocenters. The van der Waals surface area contributed by atoms with Crippen molar-refractivity contribution in [1.29, 1.82) is 0 Å². The van der Waals surface area contributed by atoms with E-state index >= 15 is 0 Å². The molecule has 0 amide bonds. The predicted molar refractivity (Wildman–Crippen MR) is 94.1 cm³/mol. The zero-order valence-corrected chi connectivity index (χ0v) is 14.0. The zero-order chi connectivity index (χ0) is 16.4. The minimum absolute atomic E-state index is 0.506. The van der Waals surface area contributed by atoms with Crippen molar-refractivity contribution in [2.24, 2.45) is 0 Å². The maximum Gasteiger partial charge on any atom is 0.110 e. The Hall–Kier alpha value is -2.40. The summed E-state index contributed by atoms with van der Waals surface area (Å²) in [6.07, 6.45) is 10.0. The summed E-state index contributed by atoms with van der Waals surface area (Å²) in [6.45, 7) is 5.30. The SMILES string of the molecule is Cc1ccc(-n2cccn2)c(CN2CCCC(c3ncc[nH]3)C2)c1. The van der Waals surface area contributed by atoms with Crippen molar-refractivity contribution in [2.45, 2.75) is 32.2 Å². The van der Waals surface area contributed by atoms with Gasteiger partial charge in [0.05, 0.1) is 5.69 Å². The van der Waals surface area contributed by atoms with E-state index in [4.69, 9.17) is 0 Å². The number of imidazole rings is 1. The highest BCUT2D eigenvalue weighted by atomic mass is 15.3. The number of piperidine rings is 1. The average Bonchev–Trinajstić information content (AvgIpc) is 3.29. The van der Waals surface area contributed by atoms with Crippen LogP contribution in [0.4, 0.5) is 0 Å². The van der Waals surface area contributed by atoms with E-state index in [0.717, 1.165) is 25.5 Å². The first kappa shape index (κ1) is 15.1. The van der Waals surface area contributed by atoms with Gasteiger partial charge in [-0.15, -0.1) is 0 Å². The van der Waals surface area contributed by atoms with Crippen LogP contribution in [0, 0.1) is 6.92 Å². The number of rotatable bonds is 4. The lowest BCUT2D eigenvalue weighted by atomic mass is 9.96. The van der Waals surface area contributed by atoms with Crippen molar-refractivity contribution in [3.05, 3.63) is 66.0 Å².